The van der Waals surface area contributed by atoms with Gasteiger partial charge in [0.05, 0.1) is 13.7 Å². The standard InChI is InChI=1S/C20H26N4O4/c1-13-17(19(26)27-5)10-16(28-13)12-23-20(21-2)22-11-14-6-8-15(9-7-14)18(25)24(3)4/h6-10H,11-12H2,1-5H3,(H2,21,22,23). The minimum Gasteiger partial charge on any atom is -0.465 e. The number of hydrogen-bond acceptors (Lipinski definition) is 5. The minimum atomic E-state index is -0.425. The number of rotatable bonds is 6. The van der Waals surface area contributed by atoms with Crippen LogP contribution in [0.4, 0.5) is 0 Å². The number of guanidine groups is 1. The van der Waals surface area contributed by atoms with Gasteiger partial charge in [0, 0.05) is 33.3 Å². The maximum absolute atomic E-state index is 11.9. The molecule has 0 spiro atoms. The van der Waals surface area contributed by atoms with Crippen LogP contribution in [0, 0.1) is 6.92 Å². The molecule has 28 heavy (non-hydrogen) atoms. The molecule has 0 aliphatic rings. The molecule has 0 radical (unpaired) electrons. The van der Waals surface area contributed by atoms with E-state index in [0.717, 1.165) is 5.56 Å². The molecule has 2 N–H and O–H groups in total. The SMILES string of the molecule is CN=C(NCc1ccc(C(=O)N(C)C)cc1)NCc1cc(C(=O)OC)c(C)o1. The number of aryl methyl sites for hydroxylation is 1. The number of nitrogens with zero attached hydrogens (tertiary/aromatic N) is 2. The molecule has 0 atom stereocenters. The van der Waals surface area contributed by atoms with E-state index in [2.05, 4.69) is 15.6 Å². The minimum absolute atomic E-state index is 0.0305. The second kappa shape index (κ2) is 9.59. The molecule has 0 aliphatic carbocycles. The number of amides is 1. The largest absolute Gasteiger partial charge is 0.465 e. The average Bonchev–Trinajstić information content (AvgIpc) is 3.07. The summed E-state index contributed by atoms with van der Waals surface area (Å²) in [7, 11) is 6.45. The van der Waals surface area contributed by atoms with E-state index in [9.17, 15) is 9.59 Å². The molecule has 8 heteroatoms. The molecule has 0 fully saturated rings. The predicted octanol–water partition coefficient (Wildman–Crippen LogP) is 1.94. The second-order valence-corrected chi connectivity index (χ2v) is 6.35. The summed E-state index contributed by atoms with van der Waals surface area (Å²) in [4.78, 5) is 29.3. The van der Waals surface area contributed by atoms with E-state index in [-0.39, 0.29) is 5.91 Å². The fourth-order valence-corrected chi connectivity index (χ4v) is 2.54. The molecular formula is C20H26N4O4. The molecule has 0 saturated heterocycles. The molecule has 2 rings (SSSR count). The first-order chi connectivity index (χ1) is 13.3. The van der Waals surface area contributed by atoms with Gasteiger partial charge >= 0.3 is 5.97 Å². The number of furan rings is 1. The van der Waals surface area contributed by atoms with Gasteiger partial charge in [-0.3, -0.25) is 9.79 Å². The van der Waals surface area contributed by atoms with Crippen molar-refractivity contribution in [2.24, 2.45) is 4.99 Å². The molecule has 0 saturated carbocycles. The lowest BCUT2D eigenvalue weighted by Crippen LogP contribution is -2.36. The Morgan fingerprint density at radius 2 is 1.79 bits per heavy atom. The van der Waals surface area contributed by atoms with Crippen molar-refractivity contribution in [3.63, 3.8) is 0 Å². The van der Waals surface area contributed by atoms with Crippen molar-refractivity contribution in [2.45, 2.75) is 20.0 Å². The van der Waals surface area contributed by atoms with Crippen molar-refractivity contribution in [2.75, 3.05) is 28.3 Å². The molecule has 0 unspecified atom stereocenters. The van der Waals surface area contributed by atoms with Gasteiger partial charge in [0.15, 0.2) is 5.96 Å². The van der Waals surface area contributed by atoms with Gasteiger partial charge in [-0.25, -0.2) is 4.79 Å². The molecular weight excluding hydrogens is 360 g/mol. The Hall–Kier alpha value is -3.29. The van der Waals surface area contributed by atoms with E-state index in [1.807, 2.05) is 12.1 Å². The van der Waals surface area contributed by atoms with Gasteiger partial charge < -0.3 is 24.7 Å². The van der Waals surface area contributed by atoms with Crippen LogP contribution < -0.4 is 10.6 Å². The number of carbonyl (C=O) groups is 2. The first-order valence-corrected chi connectivity index (χ1v) is 8.78. The molecule has 1 aromatic heterocycles. The Labute approximate surface area is 164 Å². The maximum atomic E-state index is 11.9. The summed E-state index contributed by atoms with van der Waals surface area (Å²) in [5.74, 6) is 1.25. The van der Waals surface area contributed by atoms with Crippen molar-refractivity contribution >= 4 is 17.8 Å². The van der Waals surface area contributed by atoms with E-state index in [0.29, 0.717) is 41.7 Å². The Morgan fingerprint density at radius 1 is 1.14 bits per heavy atom. The predicted molar refractivity (Wildman–Crippen MR) is 106 cm³/mol. The third-order valence-electron chi connectivity index (χ3n) is 4.09. The van der Waals surface area contributed by atoms with Gasteiger partial charge in [-0.1, -0.05) is 12.1 Å². The zero-order valence-corrected chi connectivity index (χ0v) is 16.8. The van der Waals surface area contributed by atoms with Gasteiger partial charge in [0.2, 0.25) is 0 Å². The molecule has 1 aromatic carbocycles. The summed E-state index contributed by atoms with van der Waals surface area (Å²) >= 11 is 0. The lowest BCUT2D eigenvalue weighted by atomic mass is 10.1. The van der Waals surface area contributed by atoms with Crippen molar-refractivity contribution in [3.8, 4) is 0 Å². The van der Waals surface area contributed by atoms with Crippen molar-refractivity contribution < 1.29 is 18.7 Å². The van der Waals surface area contributed by atoms with Crippen LogP contribution in [0.5, 0.6) is 0 Å². The molecule has 1 amide bonds. The van der Waals surface area contributed by atoms with Crippen molar-refractivity contribution in [1.82, 2.24) is 15.5 Å². The highest BCUT2D eigenvalue weighted by Gasteiger charge is 2.15. The Balaban J connectivity index is 1.90. The zero-order valence-electron chi connectivity index (χ0n) is 16.8. The van der Waals surface area contributed by atoms with Crippen LogP contribution in [-0.2, 0) is 17.8 Å². The van der Waals surface area contributed by atoms with Crippen LogP contribution in [0.1, 0.15) is 37.8 Å². The topological polar surface area (TPSA) is 96.2 Å². The summed E-state index contributed by atoms with van der Waals surface area (Å²) in [6.07, 6.45) is 0. The highest BCUT2D eigenvalue weighted by molar-refractivity contribution is 5.93. The fourth-order valence-electron chi connectivity index (χ4n) is 2.54. The molecule has 0 bridgehead atoms. The second-order valence-electron chi connectivity index (χ2n) is 6.35. The summed E-state index contributed by atoms with van der Waals surface area (Å²) < 4.78 is 10.3. The Bertz CT molecular complexity index is 854. The quantitative estimate of drug-likeness (QED) is 0.447. The van der Waals surface area contributed by atoms with Crippen LogP contribution in [0.25, 0.3) is 0 Å². The van der Waals surface area contributed by atoms with Gasteiger partial charge in [-0.05, 0) is 30.7 Å². The van der Waals surface area contributed by atoms with E-state index >= 15 is 0 Å². The van der Waals surface area contributed by atoms with Crippen LogP contribution >= 0.6 is 0 Å². The third kappa shape index (κ3) is 5.35. The molecule has 150 valence electrons. The number of hydrogen-bond donors (Lipinski definition) is 2. The third-order valence-corrected chi connectivity index (χ3v) is 4.09. The summed E-state index contributed by atoms with van der Waals surface area (Å²) in [6.45, 7) is 2.63. The Morgan fingerprint density at radius 3 is 2.36 bits per heavy atom. The lowest BCUT2D eigenvalue weighted by Gasteiger charge is -2.12. The van der Waals surface area contributed by atoms with E-state index in [1.54, 1.807) is 51.2 Å². The fraction of sp³-hybridized carbons (Fsp3) is 0.350. The number of methoxy groups -OCH3 is 1. The molecule has 2 aromatic rings. The normalized spacial score (nSPS) is 11.1. The summed E-state index contributed by atoms with van der Waals surface area (Å²) in [5, 5.41) is 6.32. The molecule has 8 nitrogen and oxygen atoms in total. The van der Waals surface area contributed by atoms with Gasteiger partial charge in [-0.2, -0.15) is 0 Å². The number of ether oxygens (including phenoxy) is 1. The van der Waals surface area contributed by atoms with Gasteiger partial charge in [0.25, 0.3) is 5.91 Å². The number of benzene rings is 1. The molecule has 1 heterocycles. The van der Waals surface area contributed by atoms with Crippen LogP contribution in [0.3, 0.4) is 0 Å². The number of esters is 1. The number of aliphatic imine (C=N–C) groups is 1. The number of carbonyl (C=O) groups excluding carboxylic acids is 2. The van der Waals surface area contributed by atoms with E-state index < -0.39 is 5.97 Å². The first kappa shape index (κ1) is 21.0. The van der Waals surface area contributed by atoms with Gasteiger partial charge in [-0.15, -0.1) is 0 Å². The summed E-state index contributed by atoms with van der Waals surface area (Å²) in [6, 6.07) is 9.05. The average molecular weight is 386 g/mol. The van der Waals surface area contributed by atoms with Gasteiger partial charge in [0.1, 0.15) is 17.1 Å². The number of nitrogens with one attached hydrogen (secondary N) is 2. The Kier molecular flexibility index (Phi) is 7.20. The first-order valence-electron chi connectivity index (χ1n) is 8.78. The molecule has 0 aliphatic heterocycles. The lowest BCUT2D eigenvalue weighted by molar-refractivity contribution is 0.0598. The van der Waals surface area contributed by atoms with Crippen LogP contribution in [0.2, 0.25) is 0 Å². The highest BCUT2D eigenvalue weighted by Crippen LogP contribution is 2.15. The zero-order chi connectivity index (χ0) is 20.7. The van der Waals surface area contributed by atoms with E-state index in [4.69, 9.17) is 9.15 Å². The highest BCUT2D eigenvalue weighted by atomic mass is 16.5. The summed E-state index contributed by atoms with van der Waals surface area (Å²) in [5.41, 5.74) is 2.07. The van der Waals surface area contributed by atoms with Crippen LogP contribution in [0.15, 0.2) is 39.7 Å². The van der Waals surface area contributed by atoms with Crippen molar-refractivity contribution in [1.29, 1.82) is 0 Å². The smallest absolute Gasteiger partial charge is 0.341 e. The van der Waals surface area contributed by atoms with Crippen LogP contribution in [-0.4, -0.2) is 51.0 Å². The van der Waals surface area contributed by atoms with E-state index in [1.165, 1.54) is 7.11 Å². The van der Waals surface area contributed by atoms with Crippen molar-refractivity contribution in [3.05, 3.63) is 58.5 Å². The monoisotopic (exact) mass is 386 g/mol. The maximum Gasteiger partial charge on any atom is 0.341 e.